The molecule has 8 heteroatoms. The maximum Gasteiger partial charge on any atom is 0.273 e. The molecule has 0 saturated heterocycles. The van der Waals surface area contributed by atoms with E-state index in [0.717, 1.165) is 24.8 Å². The van der Waals surface area contributed by atoms with Crippen molar-refractivity contribution < 1.29 is 19.4 Å². The van der Waals surface area contributed by atoms with Gasteiger partial charge in [-0.15, -0.1) is 0 Å². The number of hydrogen-bond donors (Lipinski definition) is 4. The van der Waals surface area contributed by atoms with E-state index < -0.39 is 18.0 Å². The Morgan fingerprint density at radius 1 is 1.26 bits per heavy atom. The highest BCUT2D eigenvalue weighted by Gasteiger charge is 2.26. The fraction of sp³-hybridized carbons (Fsp3) is 0.522. The molecular weight excluding hydrogens is 396 g/mol. The van der Waals surface area contributed by atoms with Gasteiger partial charge >= 0.3 is 0 Å². The molecule has 0 bridgehead atoms. The summed E-state index contributed by atoms with van der Waals surface area (Å²) in [6.45, 7) is 5.64. The van der Waals surface area contributed by atoms with Gasteiger partial charge in [0.1, 0.15) is 12.3 Å². The van der Waals surface area contributed by atoms with Gasteiger partial charge in [0, 0.05) is 0 Å². The number of nitrogens with one attached hydrogen (secondary N) is 3. The van der Waals surface area contributed by atoms with Gasteiger partial charge in [-0.25, -0.2) is 0 Å². The first kappa shape index (κ1) is 22.8. The van der Waals surface area contributed by atoms with E-state index in [1.54, 1.807) is 6.92 Å². The largest absolute Gasteiger partial charge is 0.504 e. The average Bonchev–Trinajstić information content (AvgIpc) is 3.09. The summed E-state index contributed by atoms with van der Waals surface area (Å²) in [5.74, 6) is -0.279. The number of benzene rings is 1. The molecule has 1 saturated carbocycles. The molecule has 1 aliphatic carbocycles. The van der Waals surface area contributed by atoms with E-state index in [1.165, 1.54) is 6.42 Å². The highest BCUT2D eigenvalue weighted by molar-refractivity contribution is 5.95. The second-order valence-electron chi connectivity index (χ2n) is 8.46. The van der Waals surface area contributed by atoms with E-state index in [1.807, 2.05) is 37.3 Å². The van der Waals surface area contributed by atoms with Gasteiger partial charge in [-0.3, -0.25) is 14.7 Å². The Morgan fingerprint density at radius 3 is 2.65 bits per heavy atom. The third kappa shape index (κ3) is 6.07. The molecule has 4 unspecified atom stereocenters. The van der Waals surface area contributed by atoms with Gasteiger partial charge in [0.2, 0.25) is 5.91 Å². The number of hydrogen-bond acceptors (Lipinski definition) is 5. The number of nitrogens with zero attached hydrogens (tertiary/aromatic N) is 1. The van der Waals surface area contributed by atoms with Crippen LogP contribution in [-0.2, 0) is 9.53 Å². The first-order valence-electron chi connectivity index (χ1n) is 10.9. The number of carbonyl (C=O) groups is 2. The Hall–Kier alpha value is -2.87. The second kappa shape index (κ2) is 10.4. The van der Waals surface area contributed by atoms with E-state index in [0.29, 0.717) is 11.6 Å². The van der Waals surface area contributed by atoms with E-state index in [-0.39, 0.29) is 30.1 Å². The molecule has 1 aliphatic rings. The van der Waals surface area contributed by atoms with Crippen LogP contribution in [0.1, 0.15) is 67.3 Å². The van der Waals surface area contributed by atoms with Crippen LogP contribution in [0.25, 0.3) is 0 Å². The van der Waals surface area contributed by atoms with Crippen molar-refractivity contribution >= 4 is 11.8 Å². The van der Waals surface area contributed by atoms with Gasteiger partial charge in [0.25, 0.3) is 5.91 Å². The van der Waals surface area contributed by atoms with Gasteiger partial charge in [0.05, 0.1) is 18.2 Å². The number of amides is 2. The summed E-state index contributed by atoms with van der Waals surface area (Å²) >= 11 is 0. The van der Waals surface area contributed by atoms with Crippen molar-refractivity contribution in [2.75, 3.05) is 6.61 Å². The monoisotopic (exact) mass is 428 g/mol. The van der Waals surface area contributed by atoms with Crippen molar-refractivity contribution in [3.8, 4) is 5.75 Å². The predicted octanol–water partition coefficient (Wildman–Crippen LogP) is 2.99. The number of carbonyl (C=O) groups excluding carboxylic acids is 2. The highest BCUT2D eigenvalue weighted by atomic mass is 16.5. The van der Waals surface area contributed by atoms with Crippen LogP contribution < -0.4 is 10.6 Å². The molecule has 4 atom stereocenters. The fourth-order valence-corrected chi connectivity index (χ4v) is 4.06. The fourth-order valence-electron chi connectivity index (χ4n) is 4.06. The molecule has 1 aromatic carbocycles. The quantitative estimate of drug-likeness (QED) is 0.516. The molecular formula is C23H32N4O4. The van der Waals surface area contributed by atoms with Gasteiger partial charge in [-0.2, -0.15) is 5.10 Å². The normalized spacial score (nSPS) is 20.6. The summed E-state index contributed by atoms with van der Waals surface area (Å²) in [6, 6.07) is 8.48. The SMILES string of the molecule is Cc1n[nH]c(C(=O)NC(c2ccccc2)C(C)NC(=O)COC2CCCC(C)C2)c1O. The van der Waals surface area contributed by atoms with Crippen LogP contribution >= 0.6 is 0 Å². The van der Waals surface area contributed by atoms with Crippen LogP contribution in [-0.4, -0.2) is 45.9 Å². The number of H-pyrrole nitrogens is 1. The topological polar surface area (TPSA) is 116 Å². The zero-order chi connectivity index (χ0) is 22.4. The van der Waals surface area contributed by atoms with Crippen LogP contribution in [0.5, 0.6) is 5.75 Å². The molecule has 4 N–H and O–H groups in total. The molecule has 2 aromatic rings. The van der Waals surface area contributed by atoms with Gasteiger partial charge in [-0.05, 0) is 38.2 Å². The molecule has 1 fully saturated rings. The summed E-state index contributed by atoms with van der Waals surface area (Å²) in [5, 5.41) is 22.3. The van der Waals surface area contributed by atoms with Gasteiger partial charge in [0.15, 0.2) is 11.4 Å². The number of ether oxygens (including phenoxy) is 1. The Balaban J connectivity index is 1.63. The number of rotatable bonds is 8. The number of aromatic hydroxyl groups is 1. The molecule has 0 aliphatic heterocycles. The minimum Gasteiger partial charge on any atom is -0.504 e. The molecule has 1 aromatic heterocycles. The van der Waals surface area contributed by atoms with Gasteiger partial charge < -0.3 is 20.5 Å². The van der Waals surface area contributed by atoms with Crippen LogP contribution in [0, 0.1) is 12.8 Å². The van der Waals surface area contributed by atoms with Crippen LogP contribution in [0.15, 0.2) is 30.3 Å². The molecule has 1 heterocycles. The lowest BCUT2D eigenvalue weighted by molar-refractivity contribution is -0.129. The van der Waals surface area contributed by atoms with Crippen molar-refractivity contribution in [2.45, 2.75) is 64.6 Å². The Labute approximate surface area is 182 Å². The molecule has 31 heavy (non-hydrogen) atoms. The van der Waals surface area contributed by atoms with E-state index in [9.17, 15) is 14.7 Å². The number of aromatic amines is 1. The molecule has 2 amide bonds. The van der Waals surface area contributed by atoms with E-state index in [4.69, 9.17) is 4.74 Å². The van der Waals surface area contributed by atoms with Crippen molar-refractivity contribution in [3.05, 3.63) is 47.3 Å². The molecule has 168 valence electrons. The van der Waals surface area contributed by atoms with Crippen LogP contribution in [0.3, 0.4) is 0 Å². The zero-order valence-electron chi connectivity index (χ0n) is 18.4. The maximum absolute atomic E-state index is 12.7. The van der Waals surface area contributed by atoms with Crippen molar-refractivity contribution in [1.29, 1.82) is 0 Å². The predicted molar refractivity (Wildman–Crippen MR) is 117 cm³/mol. The van der Waals surface area contributed by atoms with Crippen molar-refractivity contribution in [2.24, 2.45) is 5.92 Å². The third-order valence-corrected chi connectivity index (χ3v) is 5.81. The van der Waals surface area contributed by atoms with Crippen molar-refractivity contribution in [1.82, 2.24) is 20.8 Å². The second-order valence-corrected chi connectivity index (χ2v) is 8.46. The summed E-state index contributed by atoms with van der Waals surface area (Å²) in [5.41, 5.74) is 1.17. The number of aromatic nitrogens is 2. The standard InChI is InChI=1S/C23H32N4O4/c1-14-8-7-11-18(12-14)31-13-19(28)24-15(2)20(17-9-5-4-6-10-17)25-23(30)21-22(29)16(3)26-27-21/h4-6,9-10,14-15,18,20,29H,7-8,11-13H2,1-3H3,(H,24,28)(H,25,30)(H,26,27). The van der Waals surface area contributed by atoms with Gasteiger partial charge in [-0.1, -0.05) is 50.1 Å². The Bertz CT molecular complexity index is 883. The number of aryl methyl sites for hydroxylation is 1. The summed E-state index contributed by atoms with van der Waals surface area (Å²) < 4.78 is 5.82. The van der Waals surface area contributed by atoms with E-state index in [2.05, 4.69) is 27.8 Å². The Kier molecular flexibility index (Phi) is 7.68. The Morgan fingerprint density at radius 2 is 2.00 bits per heavy atom. The minimum atomic E-state index is -0.504. The lowest BCUT2D eigenvalue weighted by Crippen LogP contribution is -2.46. The van der Waals surface area contributed by atoms with E-state index >= 15 is 0 Å². The third-order valence-electron chi connectivity index (χ3n) is 5.81. The maximum atomic E-state index is 12.7. The molecule has 0 radical (unpaired) electrons. The first-order valence-corrected chi connectivity index (χ1v) is 10.9. The van der Waals surface area contributed by atoms with Crippen LogP contribution in [0.2, 0.25) is 0 Å². The zero-order valence-corrected chi connectivity index (χ0v) is 18.4. The summed E-state index contributed by atoms with van der Waals surface area (Å²) in [7, 11) is 0. The smallest absolute Gasteiger partial charge is 0.273 e. The first-order chi connectivity index (χ1) is 14.8. The molecule has 0 spiro atoms. The summed E-state index contributed by atoms with van der Waals surface area (Å²) in [4.78, 5) is 25.3. The van der Waals surface area contributed by atoms with Crippen LogP contribution in [0.4, 0.5) is 0 Å². The summed E-state index contributed by atoms with van der Waals surface area (Å²) in [6.07, 6.45) is 4.45. The molecule has 3 rings (SSSR count). The lowest BCUT2D eigenvalue weighted by atomic mass is 9.89. The lowest BCUT2D eigenvalue weighted by Gasteiger charge is -2.28. The minimum absolute atomic E-state index is 0.00227. The highest BCUT2D eigenvalue weighted by Crippen LogP contribution is 2.26. The average molecular weight is 429 g/mol. The van der Waals surface area contributed by atoms with Crippen molar-refractivity contribution in [3.63, 3.8) is 0 Å². The molecule has 8 nitrogen and oxygen atoms in total.